The fourth-order valence-electron chi connectivity index (χ4n) is 2.40. The van der Waals surface area contributed by atoms with Crippen molar-refractivity contribution in [2.24, 2.45) is 7.05 Å². The predicted octanol–water partition coefficient (Wildman–Crippen LogP) is 1.88. The van der Waals surface area contributed by atoms with E-state index in [1.165, 1.54) is 17.0 Å². The minimum Gasteiger partial charge on any atom is -0.338 e. The summed E-state index contributed by atoms with van der Waals surface area (Å²) in [5.41, 5.74) is -0.606. The van der Waals surface area contributed by atoms with E-state index < -0.39 is 17.4 Å². The molecule has 0 radical (unpaired) electrons. The van der Waals surface area contributed by atoms with Gasteiger partial charge in [-0.3, -0.25) is 4.79 Å². The predicted molar refractivity (Wildman–Crippen MR) is 76.0 cm³/mol. The molecule has 3 heterocycles. The van der Waals surface area contributed by atoms with Gasteiger partial charge in [-0.1, -0.05) is 0 Å². The highest BCUT2D eigenvalue weighted by atomic mass is 19.4. The van der Waals surface area contributed by atoms with Crippen LogP contribution < -0.4 is 5.56 Å². The van der Waals surface area contributed by atoms with E-state index in [1.807, 2.05) is 11.6 Å². The minimum absolute atomic E-state index is 0.0830. The molecule has 0 fully saturated rings. The first kappa shape index (κ1) is 15.3. The highest BCUT2D eigenvalue weighted by molar-refractivity contribution is 5.45. The lowest BCUT2D eigenvalue weighted by atomic mass is 10.2. The van der Waals surface area contributed by atoms with Crippen LogP contribution in [0.5, 0.6) is 0 Å². The van der Waals surface area contributed by atoms with Gasteiger partial charge in [0.05, 0.1) is 6.33 Å². The number of alkyl halides is 3. The second-order valence-corrected chi connectivity index (χ2v) is 5.25. The van der Waals surface area contributed by atoms with Gasteiger partial charge in [0.15, 0.2) is 5.69 Å². The molecule has 6 nitrogen and oxygen atoms in total. The Morgan fingerprint density at radius 3 is 2.70 bits per heavy atom. The largest absolute Gasteiger partial charge is 0.435 e. The van der Waals surface area contributed by atoms with E-state index in [0.717, 1.165) is 22.7 Å². The number of hydrogen-bond acceptors (Lipinski definition) is 3. The van der Waals surface area contributed by atoms with Crippen molar-refractivity contribution in [3.8, 4) is 0 Å². The highest BCUT2D eigenvalue weighted by Gasteiger charge is 2.34. The molecule has 3 aromatic rings. The number of aryl methyl sites for hydroxylation is 3. The van der Waals surface area contributed by atoms with E-state index >= 15 is 0 Å². The molecule has 0 unspecified atom stereocenters. The summed E-state index contributed by atoms with van der Waals surface area (Å²) in [6, 6.07) is 0.778. The maximum Gasteiger partial charge on any atom is 0.435 e. The van der Waals surface area contributed by atoms with Gasteiger partial charge in [0.25, 0.3) is 5.56 Å². The summed E-state index contributed by atoms with van der Waals surface area (Å²) in [7, 11) is 1.88. The molecule has 0 aliphatic heterocycles. The molecule has 0 N–H and O–H groups in total. The summed E-state index contributed by atoms with van der Waals surface area (Å²) in [4.78, 5) is 16.3. The van der Waals surface area contributed by atoms with Crippen LogP contribution in [0.2, 0.25) is 0 Å². The smallest absolute Gasteiger partial charge is 0.338 e. The van der Waals surface area contributed by atoms with Crippen molar-refractivity contribution in [1.82, 2.24) is 23.7 Å². The van der Waals surface area contributed by atoms with Crippen molar-refractivity contribution in [3.63, 3.8) is 0 Å². The first-order valence-corrected chi connectivity index (χ1v) is 6.97. The van der Waals surface area contributed by atoms with E-state index in [0.29, 0.717) is 13.0 Å². The SMILES string of the molecule is Cn1cncc1CCCn1ccn2nc(C(F)(F)F)cc2c1=O. The zero-order chi connectivity index (χ0) is 16.6. The maximum atomic E-state index is 12.7. The number of fused-ring (bicyclic) bond motifs is 1. The summed E-state index contributed by atoms with van der Waals surface area (Å²) in [6.45, 7) is 0.410. The van der Waals surface area contributed by atoms with Gasteiger partial charge < -0.3 is 9.13 Å². The Balaban J connectivity index is 1.80. The number of rotatable bonds is 4. The molecular weight excluding hydrogens is 311 g/mol. The van der Waals surface area contributed by atoms with Crippen LogP contribution >= 0.6 is 0 Å². The Morgan fingerprint density at radius 1 is 1.26 bits per heavy atom. The molecule has 3 rings (SSSR count). The van der Waals surface area contributed by atoms with Gasteiger partial charge in [0.1, 0.15) is 5.52 Å². The van der Waals surface area contributed by atoms with Gasteiger partial charge in [-0.2, -0.15) is 18.3 Å². The molecule has 0 aromatic carbocycles. The van der Waals surface area contributed by atoms with Crippen LogP contribution in [0.1, 0.15) is 17.8 Å². The third kappa shape index (κ3) is 2.99. The van der Waals surface area contributed by atoms with Gasteiger partial charge in [-0.05, 0) is 12.8 Å². The molecule has 0 atom stereocenters. The summed E-state index contributed by atoms with van der Waals surface area (Å²) in [5.74, 6) is 0. The van der Waals surface area contributed by atoms with Crippen molar-refractivity contribution in [2.75, 3.05) is 0 Å². The number of aromatic nitrogens is 5. The molecule has 0 aliphatic rings. The van der Waals surface area contributed by atoms with Gasteiger partial charge in [0, 0.05) is 43.9 Å². The Labute approximate surface area is 128 Å². The van der Waals surface area contributed by atoms with Crippen molar-refractivity contribution in [2.45, 2.75) is 25.6 Å². The molecule has 9 heteroatoms. The fraction of sp³-hybridized carbons (Fsp3) is 0.357. The van der Waals surface area contributed by atoms with Crippen LogP contribution in [0.3, 0.4) is 0 Å². The Kier molecular flexibility index (Phi) is 3.70. The Hall–Kier alpha value is -2.58. The van der Waals surface area contributed by atoms with Crippen molar-refractivity contribution in [1.29, 1.82) is 0 Å². The molecule has 23 heavy (non-hydrogen) atoms. The van der Waals surface area contributed by atoms with E-state index in [-0.39, 0.29) is 5.52 Å². The first-order chi connectivity index (χ1) is 10.9. The van der Waals surface area contributed by atoms with Crippen molar-refractivity contribution < 1.29 is 13.2 Å². The lowest BCUT2D eigenvalue weighted by Crippen LogP contribution is -2.21. The van der Waals surface area contributed by atoms with Crippen LogP contribution in [0.25, 0.3) is 5.52 Å². The zero-order valence-corrected chi connectivity index (χ0v) is 12.3. The highest BCUT2D eigenvalue weighted by Crippen LogP contribution is 2.28. The summed E-state index contributed by atoms with van der Waals surface area (Å²) < 4.78 is 42.2. The number of nitrogens with zero attached hydrogens (tertiary/aromatic N) is 5. The second-order valence-electron chi connectivity index (χ2n) is 5.25. The Bertz CT molecular complexity index is 890. The molecule has 0 saturated heterocycles. The average Bonchev–Trinajstić information content (AvgIpc) is 3.08. The number of hydrogen-bond donors (Lipinski definition) is 0. The van der Waals surface area contributed by atoms with E-state index in [4.69, 9.17) is 0 Å². The number of imidazole rings is 1. The maximum absolute atomic E-state index is 12.7. The average molecular weight is 325 g/mol. The molecule has 0 aliphatic carbocycles. The quantitative estimate of drug-likeness (QED) is 0.736. The molecule has 122 valence electrons. The summed E-state index contributed by atoms with van der Waals surface area (Å²) >= 11 is 0. The topological polar surface area (TPSA) is 57.1 Å². The lowest BCUT2D eigenvalue weighted by Gasteiger charge is -2.06. The second kappa shape index (κ2) is 5.56. The Morgan fingerprint density at radius 2 is 2.04 bits per heavy atom. The van der Waals surface area contributed by atoms with Gasteiger partial charge in [-0.15, -0.1) is 0 Å². The molecule has 0 saturated carbocycles. The standard InChI is InChI=1S/C14H14F3N5O/c1-20-9-18-8-10(20)3-2-4-21-5-6-22-11(13(21)23)7-12(19-22)14(15,16)17/h5-9H,2-4H2,1H3. The van der Waals surface area contributed by atoms with Gasteiger partial charge >= 0.3 is 6.18 Å². The summed E-state index contributed by atoms with van der Waals surface area (Å²) in [5, 5.41) is 3.39. The molecule has 0 bridgehead atoms. The molecular formula is C14H14F3N5O. The minimum atomic E-state index is -4.57. The van der Waals surface area contributed by atoms with E-state index in [9.17, 15) is 18.0 Å². The number of halogens is 3. The van der Waals surface area contributed by atoms with Crippen LogP contribution in [0.15, 0.2) is 35.8 Å². The molecule has 0 spiro atoms. The van der Waals surface area contributed by atoms with E-state index in [2.05, 4.69) is 10.1 Å². The third-order valence-electron chi connectivity index (χ3n) is 3.64. The fourth-order valence-corrected chi connectivity index (χ4v) is 2.40. The first-order valence-electron chi connectivity index (χ1n) is 6.97. The zero-order valence-electron chi connectivity index (χ0n) is 12.3. The van der Waals surface area contributed by atoms with Crippen LogP contribution in [0.4, 0.5) is 13.2 Å². The van der Waals surface area contributed by atoms with Crippen LogP contribution in [-0.4, -0.2) is 23.7 Å². The van der Waals surface area contributed by atoms with Crippen molar-refractivity contribution >= 4 is 5.52 Å². The van der Waals surface area contributed by atoms with Crippen LogP contribution in [0, 0.1) is 0 Å². The van der Waals surface area contributed by atoms with Crippen molar-refractivity contribution in [3.05, 3.63) is 52.7 Å². The molecule has 0 amide bonds. The van der Waals surface area contributed by atoms with Gasteiger partial charge in [0.2, 0.25) is 0 Å². The molecule has 3 aromatic heterocycles. The van der Waals surface area contributed by atoms with Gasteiger partial charge in [-0.25, -0.2) is 9.50 Å². The van der Waals surface area contributed by atoms with E-state index in [1.54, 1.807) is 12.5 Å². The monoisotopic (exact) mass is 325 g/mol. The third-order valence-corrected chi connectivity index (χ3v) is 3.64. The lowest BCUT2D eigenvalue weighted by molar-refractivity contribution is -0.141. The normalized spacial score (nSPS) is 12.2. The van der Waals surface area contributed by atoms with Crippen LogP contribution in [-0.2, 0) is 26.2 Å². The summed E-state index contributed by atoms with van der Waals surface area (Å²) in [6.07, 6.45) is 3.08.